The van der Waals surface area contributed by atoms with Crippen molar-refractivity contribution < 1.29 is 23.9 Å². The molecule has 0 aliphatic carbocycles. The van der Waals surface area contributed by atoms with Crippen molar-refractivity contribution in [2.75, 3.05) is 11.9 Å². The van der Waals surface area contributed by atoms with Gasteiger partial charge in [0, 0.05) is 22.3 Å². The van der Waals surface area contributed by atoms with E-state index in [1.54, 1.807) is 31.2 Å². The van der Waals surface area contributed by atoms with Crippen molar-refractivity contribution >= 4 is 39.6 Å². The molecule has 0 saturated heterocycles. The quantitative estimate of drug-likeness (QED) is 0.325. The topological polar surface area (TPSA) is 93.7 Å². The SMILES string of the molecule is CCOC(=O)Oc1ccc(C(=O)NCc2ccc(NC(=O)Cc3ccc(Br)cc3)cc2)cc1. The van der Waals surface area contributed by atoms with E-state index in [1.165, 1.54) is 12.1 Å². The third-order valence-electron chi connectivity index (χ3n) is 4.55. The number of nitrogens with one attached hydrogen (secondary N) is 2. The van der Waals surface area contributed by atoms with Crippen LogP contribution in [0.5, 0.6) is 5.75 Å². The maximum Gasteiger partial charge on any atom is 0.513 e. The van der Waals surface area contributed by atoms with Gasteiger partial charge in [-0.2, -0.15) is 0 Å². The second-order valence-electron chi connectivity index (χ2n) is 7.04. The number of halogens is 1. The normalized spacial score (nSPS) is 10.2. The summed E-state index contributed by atoms with van der Waals surface area (Å²) in [5.74, 6) is -0.0684. The maximum atomic E-state index is 12.4. The molecule has 0 aliphatic heterocycles. The summed E-state index contributed by atoms with van der Waals surface area (Å²) in [6.45, 7) is 2.23. The van der Waals surface area contributed by atoms with Gasteiger partial charge in [0.1, 0.15) is 5.75 Å². The molecule has 0 unspecified atom stereocenters. The van der Waals surface area contributed by atoms with Crippen molar-refractivity contribution in [1.29, 1.82) is 0 Å². The molecule has 0 radical (unpaired) electrons. The second kappa shape index (κ2) is 11.8. The summed E-state index contributed by atoms with van der Waals surface area (Å²) >= 11 is 3.38. The number of hydrogen-bond acceptors (Lipinski definition) is 5. The summed E-state index contributed by atoms with van der Waals surface area (Å²) in [6.07, 6.45) is -0.503. The van der Waals surface area contributed by atoms with Gasteiger partial charge in [-0.15, -0.1) is 0 Å². The molecule has 0 aliphatic rings. The zero-order valence-electron chi connectivity index (χ0n) is 18.0. The first kappa shape index (κ1) is 24.0. The van der Waals surface area contributed by atoms with Gasteiger partial charge in [-0.05, 0) is 66.6 Å². The predicted molar refractivity (Wildman–Crippen MR) is 128 cm³/mol. The molecule has 33 heavy (non-hydrogen) atoms. The lowest BCUT2D eigenvalue weighted by Gasteiger charge is -2.09. The van der Waals surface area contributed by atoms with E-state index in [0.717, 1.165) is 15.6 Å². The fraction of sp³-hybridized carbons (Fsp3) is 0.160. The van der Waals surface area contributed by atoms with Gasteiger partial charge >= 0.3 is 6.16 Å². The lowest BCUT2D eigenvalue weighted by molar-refractivity contribution is -0.115. The molecule has 0 bridgehead atoms. The van der Waals surface area contributed by atoms with E-state index in [1.807, 2.05) is 36.4 Å². The number of rotatable bonds is 8. The number of amides is 2. The van der Waals surface area contributed by atoms with E-state index in [0.29, 0.717) is 23.5 Å². The number of benzene rings is 3. The van der Waals surface area contributed by atoms with Gasteiger partial charge in [0.15, 0.2) is 0 Å². The van der Waals surface area contributed by atoms with Crippen molar-refractivity contribution in [1.82, 2.24) is 5.32 Å². The molecular formula is C25H23BrN2O5. The fourth-order valence-electron chi connectivity index (χ4n) is 2.90. The number of ether oxygens (including phenoxy) is 2. The van der Waals surface area contributed by atoms with Gasteiger partial charge in [-0.25, -0.2) is 4.79 Å². The van der Waals surface area contributed by atoms with Crippen LogP contribution in [0.4, 0.5) is 10.5 Å². The molecular weight excluding hydrogens is 488 g/mol. The molecule has 0 fully saturated rings. The molecule has 0 heterocycles. The van der Waals surface area contributed by atoms with E-state index < -0.39 is 6.16 Å². The first-order chi connectivity index (χ1) is 15.9. The predicted octanol–water partition coefficient (Wildman–Crippen LogP) is 5.10. The highest BCUT2D eigenvalue weighted by Gasteiger charge is 2.09. The Kier molecular flexibility index (Phi) is 8.60. The van der Waals surface area contributed by atoms with Gasteiger partial charge in [-0.1, -0.05) is 40.2 Å². The highest BCUT2D eigenvalue weighted by atomic mass is 79.9. The average Bonchev–Trinajstić information content (AvgIpc) is 2.80. The van der Waals surface area contributed by atoms with Gasteiger partial charge in [0.25, 0.3) is 5.91 Å². The molecule has 170 valence electrons. The zero-order valence-corrected chi connectivity index (χ0v) is 19.6. The van der Waals surface area contributed by atoms with Gasteiger partial charge in [0.2, 0.25) is 5.91 Å². The average molecular weight is 511 g/mol. The number of anilines is 1. The Balaban J connectivity index is 1.46. The van der Waals surface area contributed by atoms with Gasteiger partial charge < -0.3 is 20.1 Å². The van der Waals surface area contributed by atoms with Crippen LogP contribution in [0.2, 0.25) is 0 Å². The van der Waals surface area contributed by atoms with Crippen LogP contribution in [0.1, 0.15) is 28.4 Å². The van der Waals surface area contributed by atoms with Crippen molar-refractivity contribution in [3.05, 3.63) is 94.0 Å². The number of carbonyl (C=O) groups is 3. The summed E-state index contributed by atoms with van der Waals surface area (Å²) < 4.78 is 10.6. The third kappa shape index (κ3) is 7.76. The summed E-state index contributed by atoms with van der Waals surface area (Å²) in [5.41, 5.74) is 2.93. The minimum atomic E-state index is -0.789. The molecule has 0 saturated carbocycles. The third-order valence-corrected chi connectivity index (χ3v) is 5.08. The first-order valence-corrected chi connectivity index (χ1v) is 11.1. The molecule has 2 N–H and O–H groups in total. The largest absolute Gasteiger partial charge is 0.513 e. The Hall–Kier alpha value is -3.65. The zero-order chi connectivity index (χ0) is 23.6. The van der Waals surface area contributed by atoms with Crippen LogP contribution < -0.4 is 15.4 Å². The van der Waals surface area contributed by atoms with Crippen LogP contribution in [-0.2, 0) is 22.5 Å². The van der Waals surface area contributed by atoms with Gasteiger partial charge in [-0.3, -0.25) is 9.59 Å². The minimum absolute atomic E-state index is 0.103. The minimum Gasteiger partial charge on any atom is -0.434 e. The van der Waals surface area contributed by atoms with Crippen LogP contribution in [-0.4, -0.2) is 24.6 Å². The molecule has 8 heteroatoms. The molecule has 3 aromatic carbocycles. The maximum absolute atomic E-state index is 12.4. The van der Waals surface area contributed by atoms with E-state index in [9.17, 15) is 14.4 Å². The summed E-state index contributed by atoms with van der Waals surface area (Å²) in [4.78, 5) is 35.9. The summed E-state index contributed by atoms with van der Waals surface area (Å²) in [5, 5.41) is 5.70. The van der Waals surface area contributed by atoms with Gasteiger partial charge in [0.05, 0.1) is 13.0 Å². The first-order valence-electron chi connectivity index (χ1n) is 10.3. The molecule has 7 nitrogen and oxygen atoms in total. The highest BCUT2D eigenvalue weighted by Crippen LogP contribution is 2.15. The Morgan fingerprint density at radius 2 is 1.48 bits per heavy atom. The van der Waals surface area contributed by atoms with E-state index in [-0.39, 0.29) is 24.8 Å². The van der Waals surface area contributed by atoms with E-state index >= 15 is 0 Å². The van der Waals surface area contributed by atoms with Crippen molar-refractivity contribution in [2.24, 2.45) is 0 Å². The molecule has 0 atom stereocenters. The summed E-state index contributed by atoms with van der Waals surface area (Å²) in [6, 6.07) is 21.0. The van der Waals surface area contributed by atoms with E-state index in [2.05, 4.69) is 26.6 Å². The highest BCUT2D eigenvalue weighted by molar-refractivity contribution is 9.10. The van der Waals surface area contributed by atoms with Crippen LogP contribution >= 0.6 is 15.9 Å². The number of hydrogen-bond donors (Lipinski definition) is 2. The number of carbonyl (C=O) groups excluding carboxylic acids is 3. The molecule has 3 rings (SSSR count). The fourth-order valence-corrected chi connectivity index (χ4v) is 3.17. The van der Waals surface area contributed by atoms with Crippen LogP contribution in [0, 0.1) is 0 Å². The lowest BCUT2D eigenvalue weighted by Crippen LogP contribution is -2.22. The van der Waals surface area contributed by atoms with E-state index in [4.69, 9.17) is 9.47 Å². The molecule has 3 aromatic rings. The molecule has 0 aromatic heterocycles. The van der Waals surface area contributed by atoms with Crippen molar-refractivity contribution in [2.45, 2.75) is 19.9 Å². The van der Waals surface area contributed by atoms with Crippen LogP contribution in [0.25, 0.3) is 0 Å². The van der Waals surface area contributed by atoms with Crippen LogP contribution in [0.15, 0.2) is 77.3 Å². The van der Waals surface area contributed by atoms with Crippen molar-refractivity contribution in [3.8, 4) is 5.75 Å². The Morgan fingerprint density at radius 1 is 0.848 bits per heavy atom. The van der Waals surface area contributed by atoms with Crippen molar-refractivity contribution in [3.63, 3.8) is 0 Å². The Labute approximate surface area is 200 Å². The van der Waals surface area contributed by atoms with Crippen LogP contribution in [0.3, 0.4) is 0 Å². The standard InChI is InChI=1S/C25H23BrN2O5/c1-2-32-25(31)33-22-13-7-19(8-14-22)24(30)27-16-18-5-11-21(12-6-18)28-23(29)15-17-3-9-20(26)10-4-17/h3-14H,2,15-16H2,1H3,(H,27,30)(H,28,29). The molecule has 0 spiro atoms. The lowest BCUT2D eigenvalue weighted by atomic mass is 10.1. The second-order valence-corrected chi connectivity index (χ2v) is 7.96. The summed E-state index contributed by atoms with van der Waals surface area (Å²) in [7, 11) is 0. The Bertz CT molecular complexity index is 1100. The molecule has 2 amide bonds. The monoisotopic (exact) mass is 510 g/mol. The Morgan fingerprint density at radius 3 is 2.12 bits per heavy atom. The smallest absolute Gasteiger partial charge is 0.434 e.